The molecular formula is C16H27ClN2O. The molecule has 0 aliphatic carbocycles. The number of hydrogen-bond acceptors (Lipinski definition) is 2. The number of nitrogens with two attached hydrogens (primary N) is 1. The predicted molar refractivity (Wildman–Crippen MR) is 87.0 cm³/mol. The lowest BCUT2D eigenvalue weighted by Gasteiger charge is -2.24. The molecule has 0 bridgehead atoms. The Balaban J connectivity index is 0.00000361. The second kappa shape index (κ2) is 8.98. The van der Waals surface area contributed by atoms with Crippen molar-refractivity contribution in [1.29, 1.82) is 0 Å². The van der Waals surface area contributed by atoms with Gasteiger partial charge in [0.2, 0.25) is 5.91 Å². The number of aryl methyl sites for hydroxylation is 1. The number of carbonyl (C=O) groups is 1. The Bertz CT molecular complexity index is 403. The lowest BCUT2D eigenvalue weighted by molar-refractivity contribution is -0.125. The predicted octanol–water partition coefficient (Wildman–Crippen LogP) is 3.08. The highest BCUT2D eigenvalue weighted by Gasteiger charge is 2.20. The largest absolute Gasteiger partial charge is 0.349 e. The van der Waals surface area contributed by atoms with Crippen LogP contribution in [0.3, 0.4) is 0 Å². The van der Waals surface area contributed by atoms with Gasteiger partial charge in [-0.05, 0) is 23.5 Å². The number of halogens is 1. The van der Waals surface area contributed by atoms with E-state index in [1.54, 1.807) is 0 Å². The van der Waals surface area contributed by atoms with Gasteiger partial charge in [-0.2, -0.15) is 0 Å². The highest BCUT2D eigenvalue weighted by Crippen LogP contribution is 2.22. The third-order valence-electron chi connectivity index (χ3n) is 3.51. The molecule has 0 aliphatic rings. The Morgan fingerprint density at radius 1 is 1.20 bits per heavy atom. The maximum Gasteiger partial charge on any atom is 0.224 e. The molecule has 3 nitrogen and oxygen atoms in total. The molecule has 0 radical (unpaired) electrons. The fraction of sp³-hybridized carbons (Fsp3) is 0.562. The summed E-state index contributed by atoms with van der Waals surface area (Å²) in [6.07, 6.45) is 1.03. The Hall–Kier alpha value is -1.06. The maximum atomic E-state index is 12.0. The fourth-order valence-electron chi connectivity index (χ4n) is 2.00. The van der Waals surface area contributed by atoms with Crippen LogP contribution in [0.2, 0.25) is 0 Å². The molecule has 1 aromatic rings. The molecule has 0 fully saturated rings. The number of nitrogens with one attached hydrogen (secondary N) is 1. The Morgan fingerprint density at radius 3 is 2.15 bits per heavy atom. The van der Waals surface area contributed by atoms with Gasteiger partial charge in [-0.25, -0.2) is 0 Å². The average molecular weight is 299 g/mol. The van der Waals surface area contributed by atoms with E-state index in [1.165, 1.54) is 5.56 Å². The third-order valence-corrected chi connectivity index (χ3v) is 3.51. The van der Waals surface area contributed by atoms with E-state index in [9.17, 15) is 4.79 Å². The highest BCUT2D eigenvalue weighted by molar-refractivity contribution is 5.85. The van der Waals surface area contributed by atoms with Crippen molar-refractivity contribution in [2.75, 3.05) is 6.54 Å². The van der Waals surface area contributed by atoms with Crippen LogP contribution in [0.5, 0.6) is 0 Å². The molecule has 1 aromatic carbocycles. The van der Waals surface area contributed by atoms with Crippen molar-refractivity contribution in [2.45, 2.75) is 40.2 Å². The van der Waals surface area contributed by atoms with E-state index in [0.717, 1.165) is 12.0 Å². The first-order valence-corrected chi connectivity index (χ1v) is 7.08. The molecule has 1 rings (SSSR count). The van der Waals surface area contributed by atoms with Gasteiger partial charge in [-0.15, -0.1) is 12.4 Å². The average Bonchev–Trinajstić information content (AvgIpc) is 2.43. The molecule has 20 heavy (non-hydrogen) atoms. The summed E-state index contributed by atoms with van der Waals surface area (Å²) in [7, 11) is 0. The van der Waals surface area contributed by atoms with Gasteiger partial charge in [0.05, 0.1) is 6.04 Å². The SMILES string of the molecule is CCc1ccc(C(NC(=O)C(C)CN)C(C)C)cc1.Cl. The van der Waals surface area contributed by atoms with Gasteiger partial charge < -0.3 is 11.1 Å². The zero-order valence-electron chi connectivity index (χ0n) is 12.8. The van der Waals surface area contributed by atoms with E-state index in [-0.39, 0.29) is 30.3 Å². The number of rotatable bonds is 6. The van der Waals surface area contributed by atoms with E-state index in [4.69, 9.17) is 5.73 Å². The van der Waals surface area contributed by atoms with Crippen LogP contribution in [-0.2, 0) is 11.2 Å². The second-order valence-corrected chi connectivity index (χ2v) is 5.46. The zero-order valence-corrected chi connectivity index (χ0v) is 13.7. The molecule has 3 N–H and O–H groups in total. The van der Waals surface area contributed by atoms with Crippen LogP contribution in [0, 0.1) is 11.8 Å². The molecule has 114 valence electrons. The van der Waals surface area contributed by atoms with E-state index in [2.05, 4.69) is 50.4 Å². The normalized spacial score (nSPS) is 13.5. The van der Waals surface area contributed by atoms with Crippen LogP contribution in [0.1, 0.15) is 44.9 Å². The summed E-state index contributed by atoms with van der Waals surface area (Å²) in [5, 5.41) is 3.10. The van der Waals surface area contributed by atoms with Crippen molar-refractivity contribution in [3.8, 4) is 0 Å². The van der Waals surface area contributed by atoms with E-state index >= 15 is 0 Å². The molecule has 0 heterocycles. The third kappa shape index (κ3) is 5.14. The van der Waals surface area contributed by atoms with Crippen LogP contribution in [0.4, 0.5) is 0 Å². The Kier molecular flexibility index (Phi) is 8.51. The van der Waals surface area contributed by atoms with Crippen molar-refractivity contribution in [3.05, 3.63) is 35.4 Å². The van der Waals surface area contributed by atoms with Crippen LogP contribution in [0.15, 0.2) is 24.3 Å². The minimum absolute atomic E-state index is 0. The smallest absolute Gasteiger partial charge is 0.224 e. The van der Waals surface area contributed by atoms with Crippen LogP contribution in [0.25, 0.3) is 0 Å². The molecule has 0 saturated heterocycles. The topological polar surface area (TPSA) is 55.1 Å². The molecule has 0 saturated carbocycles. The molecule has 0 aromatic heterocycles. The van der Waals surface area contributed by atoms with Crippen molar-refractivity contribution in [2.24, 2.45) is 17.6 Å². The van der Waals surface area contributed by atoms with Gasteiger partial charge in [0.25, 0.3) is 0 Å². The summed E-state index contributed by atoms with van der Waals surface area (Å²) in [6.45, 7) is 8.61. The van der Waals surface area contributed by atoms with Gasteiger partial charge in [-0.1, -0.05) is 52.0 Å². The molecule has 0 aliphatic heterocycles. The first-order chi connectivity index (χ1) is 8.99. The van der Waals surface area contributed by atoms with Gasteiger partial charge >= 0.3 is 0 Å². The molecule has 4 heteroatoms. The van der Waals surface area contributed by atoms with Crippen molar-refractivity contribution in [1.82, 2.24) is 5.32 Å². The lowest BCUT2D eigenvalue weighted by Crippen LogP contribution is -2.37. The first-order valence-electron chi connectivity index (χ1n) is 7.08. The summed E-state index contributed by atoms with van der Waals surface area (Å²) in [6, 6.07) is 8.52. The van der Waals surface area contributed by atoms with E-state index in [0.29, 0.717) is 12.5 Å². The molecule has 2 atom stereocenters. The summed E-state index contributed by atoms with van der Waals surface area (Å²) in [5.41, 5.74) is 8.01. The van der Waals surface area contributed by atoms with E-state index in [1.807, 2.05) is 6.92 Å². The molecule has 1 amide bonds. The number of amides is 1. The maximum absolute atomic E-state index is 12.0. The summed E-state index contributed by atoms with van der Waals surface area (Å²) < 4.78 is 0. The minimum atomic E-state index is -0.142. The molecular weight excluding hydrogens is 272 g/mol. The summed E-state index contributed by atoms with van der Waals surface area (Å²) >= 11 is 0. The van der Waals surface area contributed by atoms with E-state index < -0.39 is 0 Å². The van der Waals surface area contributed by atoms with Gasteiger partial charge in [-0.3, -0.25) is 4.79 Å². The highest BCUT2D eigenvalue weighted by atomic mass is 35.5. The number of benzene rings is 1. The Morgan fingerprint density at radius 2 is 1.75 bits per heavy atom. The first kappa shape index (κ1) is 18.9. The monoisotopic (exact) mass is 298 g/mol. The fourth-order valence-corrected chi connectivity index (χ4v) is 2.00. The van der Waals surface area contributed by atoms with Crippen LogP contribution >= 0.6 is 12.4 Å². The number of hydrogen-bond donors (Lipinski definition) is 2. The number of carbonyl (C=O) groups excluding carboxylic acids is 1. The van der Waals surface area contributed by atoms with Crippen molar-refractivity contribution < 1.29 is 4.79 Å². The summed E-state index contributed by atoms with van der Waals surface area (Å²) in [4.78, 5) is 12.0. The molecule has 2 unspecified atom stereocenters. The standard InChI is InChI=1S/C16H26N2O.ClH/c1-5-13-6-8-14(9-7-13)15(11(2)3)18-16(19)12(4)10-17;/h6-9,11-12,15H,5,10,17H2,1-4H3,(H,18,19);1H. The second-order valence-electron chi connectivity index (χ2n) is 5.46. The minimum Gasteiger partial charge on any atom is -0.349 e. The van der Waals surface area contributed by atoms with Crippen LogP contribution < -0.4 is 11.1 Å². The molecule has 0 spiro atoms. The van der Waals surface area contributed by atoms with Crippen molar-refractivity contribution >= 4 is 18.3 Å². The van der Waals surface area contributed by atoms with Crippen molar-refractivity contribution in [3.63, 3.8) is 0 Å². The van der Waals surface area contributed by atoms with Gasteiger partial charge in [0, 0.05) is 12.5 Å². The zero-order chi connectivity index (χ0) is 14.4. The van der Waals surface area contributed by atoms with Gasteiger partial charge in [0.15, 0.2) is 0 Å². The van der Waals surface area contributed by atoms with Crippen LogP contribution in [-0.4, -0.2) is 12.5 Å². The lowest BCUT2D eigenvalue weighted by atomic mass is 9.94. The Labute approximate surface area is 128 Å². The summed E-state index contributed by atoms with van der Waals surface area (Å²) in [5.74, 6) is 0.235. The van der Waals surface area contributed by atoms with Gasteiger partial charge in [0.1, 0.15) is 0 Å². The quantitative estimate of drug-likeness (QED) is 0.848.